The van der Waals surface area contributed by atoms with E-state index in [0.29, 0.717) is 33.2 Å². The largest absolute Gasteiger partial charge is 0.367 e. The highest BCUT2D eigenvalue weighted by molar-refractivity contribution is 8.18. The number of halogens is 1. The molecule has 0 unspecified atom stereocenters. The summed E-state index contributed by atoms with van der Waals surface area (Å²) in [4.78, 5) is 28.5. The molecular formula is C27H30FN7OS. The molecule has 0 aliphatic carbocycles. The van der Waals surface area contributed by atoms with Gasteiger partial charge in [-0.15, -0.1) is 0 Å². The van der Waals surface area contributed by atoms with Crippen LogP contribution < -0.4 is 4.90 Å². The van der Waals surface area contributed by atoms with Gasteiger partial charge in [-0.25, -0.2) is 13.9 Å². The molecule has 0 spiro atoms. The van der Waals surface area contributed by atoms with Crippen molar-refractivity contribution in [2.45, 2.75) is 26.2 Å². The Kier molecular flexibility index (Phi) is 6.69. The summed E-state index contributed by atoms with van der Waals surface area (Å²) >= 11 is 1.40. The van der Waals surface area contributed by atoms with Gasteiger partial charge in [-0.05, 0) is 67.9 Å². The summed E-state index contributed by atoms with van der Waals surface area (Å²) in [6.07, 6.45) is 6.88. The van der Waals surface area contributed by atoms with Gasteiger partial charge in [0.25, 0.3) is 5.91 Å². The van der Waals surface area contributed by atoms with Crippen LogP contribution in [0.3, 0.4) is 0 Å². The molecule has 2 aromatic heterocycles. The first-order chi connectivity index (χ1) is 18.1. The number of thioether (sulfide) groups is 1. The predicted molar refractivity (Wildman–Crippen MR) is 146 cm³/mol. The summed E-state index contributed by atoms with van der Waals surface area (Å²) < 4.78 is 17.0. The van der Waals surface area contributed by atoms with Crippen LogP contribution in [0.1, 0.15) is 31.9 Å². The maximum atomic E-state index is 15.3. The minimum absolute atomic E-state index is 0.229. The summed E-state index contributed by atoms with van der Waals surface area (Å²) in [7, 11) is 0. The minimum atomic E-state index is -0.241. The van der Waals surface area contributed by atoms with E-state index in [-0.39, 0.29) is 11.7 Å². The number of carbonyl (C=O) groups is 1. The zero-order valence-electron chi connectivity index (χ0n) is 20.9. The standard InChI is InChI=1S/C27H30FN7OS/c1-2-9-32-12-14-33(15-13-32)22-7-5-19(16-21(22)28)23-18-29-25-8-6-20(31-35(23)25)17-24-26(36)30-27(37-24)34-10-3-4-11-34/h5-8,16-18H,2-4,9-15H2,1H3. The van der Waals surface area contributed by atoms with E-state index in [1.807, 2.05) is 24.3 Å². The highest BCUT2D eigenvalue weighted by Crippen LogP contribution is 2.32. The number of carbonyl (C=O) groups excluding carboxylic acids is 1. The third kappa shape index (κ3) is 4.87. The first-order valence-corrected chi connectivity index (χ1v) is 13.8. The van der Waals surface area contributed by atoms with E-state index in [9.17, 15) is 4.79 Å². The molecule has 2 saturated heterocycles. The lowest BCUT2D eigenvalue weighted by molar-refractivity contribution is -0.113. The molecule has 192 valence electrons. The molecule has 0 radical (unpaired) electrons. The lowest BCUT2D eigenvalue weighted by Crippen LogP contribution is -2.46. The molecule has 10 heteroatoms. The van der Waals surface area contributed by atoms with Gasteiger partial charge in [0.1, 0.15) is 5.82 Å². The molecule has 5 heterocycles. The Hall–Kier alpha value is -3.24. The van der Waals surface area contributed by atoms with Crippen molar-refractivity contribution in [1.29, 1.82) is 0 Å². The van der Waals surface area contributed by atoms with Crippen LogP contribution in [0.5, 0.6) is 0 Å². The Labute approximate surface area is 219 Å². The molecule has 1 amide bonds. The molecule has 1 aromatic carbocycles. The predicted octanol–water partition coefficient (Wildman–Crippen LogP) is 4.13. The van der Waals surface area contributed by atoms with E-state index < -0.39 is 0 Å². The summed E-state index contributed by atoms with van der Waals surface area (Å²) in [5.41, 5.74) is 3.34. The number of amidine groups is 1. The topological polar surface area (TPSA) is 69.3 Å². The van der Waals surface area contributed by atoms with Gasteiger partial charge in [0.05, 0.1) is 28.2 Å². The Morgan fingerprint density at radius 1 is 1.03 bits per heavy atom. The second-order valence-electron chi connectivity index (χ2n) is 9.67. The number of anilines is 1. The van der Waals surface area contributed by atoms with E-state index in [1.54, 1.807) is 22.9 Å². The highest BCUT2D eigenvalue weighted by atomic mass is 32.2. The number of hydrogen-bond acceptors (Lipinski definition) is 7. The van der Waals surface area contributed by atoms with Gasteiger partial charge in [-0.2, -0.15) is 10.1 Å². The van der Waals surface area contributed by atoms with Gasteiger partial charge in [0.2, 0.25) is 0 Å². The second-order valence-corrected chi connectivity index (χ2v) is 10.7. The number of rotatable bonds is 5. The summed E-state index contributed by atoms with van der Waals surface area (Å²) in [5.74, 6) is -0.470. The molecule has 0 N–H and O–H groups in total. The number of aromatic nitrogens is 3. The summed E-state index contributed by atoms with van der Waals surface area (Å²) in [6, 6.07) is 9.05. The van der Waals surface area contributed by atoms with Gasteiger partial charge >= 0.3 is 0 Å². The number of piperazine rings is 1. The van der Waals surface area contributed by atoms with Crippen molar-refractivity contribution in [3.8, 4) is 11.3 Å². The summed E-state index contributed by atoms with van der Waals surface area (Å²) in [6.45, 7) is 8.72. The molecule has 0 saturated carbocycles. The van der Waals surface area contributed by atoms with Gasteiger partial charge in [0, 0.05) is 44.8 Å². The molecule has 2 fully saturated rings. The molecular weight excluding hydrogens is 489 g/mol. The van der Waals surface area contributed by atoms with Crippen molar-refractivity contribution in [1.82, 2.24) is 24.4 Å². The SMILES string of the molecule is CCCN1CCN(c2ccc(-c3cnc4ccc(C=C5SC(N6CCCC6)=NC5=O)nn34)cc2F)CC1. The number of fused-ring (bicyclic) bond motifs is 1. The Balaban J connectivity index is 1.23. The van der Waals surface area contributed by atoms with Crippen molar-refractivity contribution < 1.29 is 9.18 Å². The second kappa shape index (κ2) is 10.3. The summed E-state index contributed by atoms with van der Waals surface area (Å²) in [5, 5.41) is 5.49. The van der Waals surface area contributed by atoms with Crippen LogP contribution in [-0.2, 0) is 4.79 Å². The van der Waals surface area contributed by atoms with E-state index in [2.05, 4.69) is 31.6 Å². The van der Waals surface area contributed by atoms with E-state index in [0.717, 1.165) is 70.2 Å². The van der Waals surface area contributed by atoms with Crippen LogP contribution in [0.4, 0.5) is 10.1 Å². The average Bonchev–Trinajstić information content (AvgIpc) is 3.65. The van der Waals surface area contributed by atoms with Crippen LogP contribution in [0.15, 0.2) is 46.4 Å². The molecule has 3 aromatic rings. The van der Waals surface area contributed by atoms with Crippen molar-refractivity contribution >= 4 is 40.2 Å². The zero-order chi connectivity index (χ0) is 25.4. The fraction of sp³-hybridized carbons (Fsp3) is 0.407. The molecule has 3 aliphatic heterocycles. The normalized spacial score (nSPS) is 20.0. The van der Waals surface area contributed by atoms with Crippen molar-refractivity contribution in [3.05, 3.63) is 52.9 Å². The maximum absolute atomic E-state index is 15.3. The number of imidazole rings is 1. The molecule has 0 atom stereocenters. The van der Waals surface area contributed by atoms with Crippen LogP contribution in [0.25, 0.3) is 23.0 Å². The fourth-order valence-electron chi connectivity index (χ4n) is 5.19. The van der Waals surface area contributed by atoms with Crippen molar-refractivity contribution in [3.63, 3.8) is 0 Å². The van der Waals surface area contributed by atoms with Crippen LogP contribution in [0, 0.1) is 5.82 Å². The Bertz CT molecular complexity index is 1390. The number of aliphatic imine (C=N–C) groups is 1. The van der Waals surface area contributed by atoms with Crippen LogP contribution >= 0.6 is 11.8 Å². The van der Waals surface area contributed by atoms with E-state index in [1.165, 1.54) is 11.8 Å². The van der Waals surface area contributed by atoms with E-state index >= 15 is 4.39 Å². The smallest absolute Gasteiger partial charge is 0.286 e. The number of hydrogen-bond donors (Lipinski definition) is 0. The lowest BCUT2D eigenvalue weighted by Gasteiger charge is -2.36. The van der Waals surface area contributed by atoms with Gasteiger partial charge in [0.15, 0.2) is 10.8 Å². The van der Waals surface area contributed by atoms with Crippen molar-refractivity contribution in [2.24, 2.45) is 4.99 Å². The van der Waals surface area contributed by atoms with Crippen LogP contribution in [-0.4, -0.2) is 81.3 Å². The first-order valence-electron chi connectivity index (χ1n) is 13.0. The van der Waals surface area contributed by atoms with Crippen molar-refractivity contribution in [2.75, 3.05) is 50.7 Å². The molecule has 0 bridgehead atoms. The third-order valence-corrected chi connectivity index (χ3v) is 8.19. The van der Waals surface area contributed by atoms with Crippen LogP contribution in [0.2, 0.25) is 0 Å². The quantitative estimate of drug-likeness (QED) is 0.470. The Morgan fingerprint density at radius 2 is 1.84 bits per heavy atom. The molecule has 8 nitrogen and oxygen atoms in total. The highest BCUT2D eigenvalue weighted by Gasteiger charge is 2.28. The Morgan fingerprint density at radius 3 is 2.59 bits per heavy atom. The number of benzene rings is 1. The fourth-order valence-corrected chi connectivity index (χ4v) is 6.14. The van der Waals surface area contributed by atoms with Gasteiger partial charge < -0.3 is 9.80 Å². The van der Waals surface area contributed by atoms with E-state index in [4.69, 9.17) is 5.10 Å². The van der Waals surface area contributed by atoms with Gasteiger partial charge in [-0.3, -0.25) is 9.69 Å². The lowest BCUT2D eigenvalue weighted by atomic mass is 10.1. The number of amides is 1. The average molecular weight is 520 g/mol. The number of likely N-dealkylation sites (tertiary alicyclic amines) is 1. The minimum Gasteiger partial charge on any atom is -0.367 e. The third-order valence-electron chi connectivity index (χ3n) is 7.14. The zero-order valence-corrected chi connectivity index (χ0v) is 21.8. The number of nitrogens with zero attached hydrogens (tertiary/aromatic N) is 7. The first kappa shape index (κ1) is 24.1. The monoisotopic (exact) mass is 519 g/mol. The molecule has 37 heavy (non-hydrogen) atoms. The van der Waals surface area contributed by atoms with Gasteiger partial charge in [-0.1, -0.05) is 13.0 Å². The maximum Gasteiger partial charge on any atom is 0.286 e. The molecule has 3 aliphatic rings. The molecule has 6 rings (SSSR count).